The number of hydrogen-bond acceptors (Lipinski definition) is 7. The number of aromatic nitrogens is 2. The zero-order valence-electron chi connectivity index (χ0n) is 17.7. The molecule has 3 rings (SSSR count). The monoisotopic (exact) mass is 457 g/mol. The van der Waals surface area contributed by atoms with Crippen LogP contribution < -0.4 is 24.8 Å². The molecule has 2 amide bonds. The number of ether oxygens (including phenoxy) is 2. The van der Waals surface area contributed by atoms with Crippen LogP contribution in [0.15, 0.2) is 59.8 Å². The molecule has 32 heavy (non-hydrogen) atoms. The van der Waals surface area contributed by atoms with Gasteiger partial charge in [0.15, 0.2) is 5.82 Å². The summed E-state index contributed by atoms with van der Waals surface area (Å²) in [6, 6.07) is 10.5. The van der Waals surface area contributed by atoms with Gasteiger partial charge in [-0.1, -0.05) is 6.07 Å². The van der Waals surface area contributed by atoms with Crippen LogP contribution in [0.3, 0.4) is 0 Å². The lowest BCUT2D eigenvalue weighted by atomic mass is 10.2. The van der Waals surface area contributed by atoms with Gasteiger partial charge in [-0.2, -0.15) is 0 Å². The van der Waals surface area contributed by atoms with E-state index in [4.69, 9.17) is 9.47 Å². The number of hydrogen-bond donors (Lipinski definition) is 3. The molecule has 11 heteroatoms. The third-order valence-electron chi connectivity index (χ3n) is 4.37. The Hall–Kier alpha value is -3.70. The van der Waals surface area contributed by atoms with Gasteiger partial charge in [-0.15, -0.1) is 0 Å². The third-order valence-corrected chi connectivity index (χ3v) is 5.79. The van der Waals surface area contributed by atoms with Crippen molar-refractivity contribution in [3.05, 3.63) is 66.1 Å². The van der Waals surface area contributed by atoms with Gasteiger partial charge in [0.1, 0.15) is 11.5 Å². The fourth-order valence-corrected chi connectivity index (χ4v) is 3.71. The van der Waals surface area contributed by atoms with E-state index in [1.54, 1.807) is 37.3 Å². The highest BCUT2D eigenvalue weighted by molar-refractivity contribution is 7.89. The third kappa shape index (κ3) is 5.93. The summed E-state index contributed by atoms with van der Waals surface area (Å²) in [7, 11) is -0.747. The van der Waals surface area contributed by atoms with Crippen LogP contribution in [0.5, 0.6) is 11.5 Å². The fraction of sp³-hybridized carbons (Fsp3) is 0.190. The van der Waals surface area contributed by atoms with Gasteiger partial charge in [-0.05, 0) is 48.9 Å². The summed E-state index contributed by atoms with van der Waals surface area (Å²) in [5.41, 5.74) is 1.79. The maximum atomic E-state index is 12.5. The molecule has 2 aromatic carbocycles. The first-order valence-corrected chi connectivity index (χ1v) is 11.0. The van der Waals surface area contributed by atoms with Crippen molar-refractivity contribution in [2.75, 3.05) is 24.9 Å². The summed E-state index contributed by atoms with van der Waals surface area (Å²) in [6.45, 7) is 1.83. The first-order chi connectivity index (χ1) is 15.3. The van der Waals surface area contributed by atoms with Gasteiger partial charge in [-0.3, -0.25) is 10.3 Å². The van der Waals surface area contributed by atoms with Crippen molar-refractivity contribution in [2.45, 2.75) is 18.4 Å². The molecule has 0 aliphatic carbocycles. The number of urea groups is 1. The van der Waals surface area contributed by atoms with Crippen molar-refractivity contribution in [2.24, 2.45) is 0 Å². The standard InChI is InChI=1S/C21H23N5O5S/c1-14-11-23-20(13-22-14)26-21(27)25-18-9-4-15(10-19(18)31-3)12-24-32(28,29)17-7-5-16(30-2)6-8-17/h4-11,13,24H,12H2,1-3H3,(H2,23,25,26,27). The van der Waals surface area contributed by atoms with Crippen molar-refractivity contribution < 1.29 is 22.7 Å². The summed E-state index contributed by atoms with van der Waals surface area (Å²) < 4.78 is 37.9. The normalized spacial score (nSPS) is 11.0. The second-order valence-corrected chi connectivity index (χ2v) is 8.42. The number of benzene rings is 2. The molecule has 0 spiro atoms. The molecule has 1 aromatic heterocycles. The number of anilines is 2. The number of amides is 2. The molecule has 0 radical (unpaired) electrons. The molecule has 3 aromatic rings. The summed E-state index contributed by atoms with van der Waals surface area (Å²) in [5, 5.41) is 5.24. The predicted octanol–water partition coefficient (Wildman–Crippen LogP) is 2.92. The van der Waals surface area contributed by atoms with E-state index in [-0.39, 0.29) is 11.4 Å². The highest BCUT2D eigenvalue weighted by Gasteiger charge is 2.15. The highest BCUT2D eigenvalue weighted by atomic mass is 32.2. The molecule has 0 saturated heterocycles. The maximum absolute atomic E-state index is 12.5. The summed E-state index contributed by atoms with van der Waals surface area (Å²) in [6.07, 6.45) is 2.99. The SMILES string of the molecule is COc1ccc(S(=O)(=O)NCc2ccc(NC(=O)Nc3cnc(C)cn3)c(OC)c2)cc1. The van der Waals surface area contributed by atoms with Crippen LogP contribution in [0, 0.1) is 6.92 Å². The Bertz CT molecular complexity index is 1180. The van der Waals surface area contributed by atoms with Crippen molar-refractivity contribution in [1.29, 1.82) is 0 Å². The molecule has 0 atom stereocenters. The zero-order valence-corrected chi connectivity index (χ0v) is 18.6. The molecule has 1 heterocycles. The summed E-state index contributed by atoms with van der Waals surface area (Å²) in [4.78, 5) is 20.5. The minimum absolute atomic E-state index is 0.0379. The minimum Gasteiger partial charge on any atom is -0.497 e. The highest BCUT2D eigenvalue weighted by Crippen LogP contribution is 2.26. The van der Waals surface area contributed by atoms with Crippen molar-refractivity contribution in [1.82, 2.24) is 14.7 Å². The van der Waals surface area contributed by atoms with E-state index in [0.29, 0.717) is 28.6 Å². The fourth-order valence-electron chi connectivity index (χ4n) is 2.69. The average molecular weight is 458 g/mol. The topological polar surface area (TPSA) is 132 Å². The predicted molar refractivity (Wildman–Crippen MR) is 119 cm³/mol. The molecule has 0 aliphatic heterocycles. The molecule has 0 unspecified atom stereocenters. The molecule has 0 fully saturated rings. The number of sulfonamides is 1. The summed E-state index contributed by atoms with van der Waals surface area (Å²) >= 11 is 0. The Balaban J connectivity index is 1.65. The lowest BCUT2D eigenvalue weighted by Gasteiger charge is -2.13. The van der Waals surface area contributed by atoms with E-state index < -0.39 is 16.1 Å². The smallest absolute Gasteiger partial charge is 0.324 e. The Labute approximate surface area is 186 Å². The lowest BCUT2D eigenvalue weighted by molar-refractivity contribution is 0.262. The molecule has 0 bridgehead atoms. The summed E-state index contributed by atoms with van der Waals surface area (Å²) in [5.74, 6) is 1.24. The second-order valence-electron chi connectivity index (χ2n) is 6.66. The van der Waals surface area contributed by atoms with Gasteiger partial charge in [0, 0.05) is 6.54 Å². The van der Waals surface area contributed by atoms with E-state index in [1.165, 1.54) is 38.7 Å². The number of aryl methyl sites for hydroxylation is 1. The van der Waals surface area contributed by atoms with Crippen LogP contribution in [0.4, 0.5) is 16.3 Å². The van der Waals surface area contributed by atoms with Crippen LogP contribution in [0.25, 0.3) is 0 Å². The van der Waals surface area contributed by atoms with Gasteiger partial charge in [0.25, 0.3) is 0 Å². The van der Waals surface area contributed by atoms with E-state index in [9.17, 15) is 13.2 Å². The second kappa shape index (κ2) is 10.1. The average Bonchev–Trinajstić information content (AvgIpc) is 2.80. The van der Waals surface area contributed by atoms with Crippen molar-refractivity contribution >= 4 is 27.6 Å². The van der Waals surface area contributed by atoms with Gasteiger partial charge in [0.2, 0.25) is 10.0 Å². The Kier molecular flexibility index (Phi) is 7.23. The minimum atomic E-state index is -3.71. The van der Waals surface area contributed by atoms with Crippen molar-refractivity contribution in [3.8, 4) is 11.5 Å². The molecule has 10 nitrogen and oxygen atoms in total. The van der Waals surface area contributed by atoms with Crippen LogP contribution in [-0.2, 0) is 16.6 Å². The van der Waals surface area contributed by atoms with Gasteiger partial charge in [-0.25, -0.2) is 22.9 Å². The molecule has 168 valence electrons. The van der Waals surface area contributed by atoms with E-state index >= 15 is 0 Å². The number of nitrogens with zero attached hydrogens (tertiary/aromatic N) is 2. The van der Waals surface area contributed by atoms with Crippen LogP contribution in [0.2, 0.25) is 0 Å². The number of methoxy groups -OCH3 is 2. The quantitative estimate of drug-likeness (QED) is 0.474. The van der Waals surface area contributed by atoms with Crippen LogP contribution >= 0.6 is 0 Å². The molecule has 3 N–H and O–H groups in total. The molecule has 0 aliphatic rings. The number of nitrogens with one attached hydrogen (secondary N) is 3. The number of carbonyl (C=O) groups is 1. The Morgan fingerprint density at radius 2 is 1.72 bits per heavy atom. The Morgan fingerprint density at radius 3 is 2.34 bits per heavy atom. The van der Waals surface area contributed by atoms with Gasteiger partial charge >= 0.3 is 6.03 Å². The van der Waals surface area contributed by atoms with Gasteiger partial charge < -0.3 is 14.8 Å². The largest absolute Gasteiger partial charge is 0.497 e. The molecule has 0 saturated carbocycles. The maximum Gasteiger partial charge on any atom is 0.324 e. The molecular formula is C21H23N5O5S. The van der Waals surface area contributed by atoms with Gasteiger partial charge in [0.05, 0.1) is 42.9 Å². The molecular weight excluding hydrogens is 434 g/mol. The number of carbonyl (C=O) groups excluding carboxylic acids is 1. The first kappa shape index (κ1) is 23.0. The lowest BCUT2D eigenvalue weighted by Crippen LogP contribution is -2.23. The van der Waals surface area contributed by atoms with Crippen molar-refractivity contribution in [3.63, 3.8) is 0 Å². The van der Waals surface area contributed by atoms with E-state index in [0.717, 1.165) is 5.69 Å². The number of rotatable bonds is 8. The van der Waals surface area contributed by atoms with E-state index in [1.807, 2.05) is 0 Å². The zero-order chi connectivity index (χ0) is 23.1. The first-order valence-electron chi connectivity index (χ1n) is 9.48. The van der Waals surface area contributed by atoms with Crippen LogP contribution in [-0.4, -0.2) is 38.6 Å². The van der Waals surface area contributed by atoms with Crippen LogP contribution in [0.1, 0.15) is 11.3 Å². The Morgan fingerprint density at radius 1 is 0.969 bits per heavy atom. The van der Waals surface area contributed by atoms with E-state index in [2.05, 4.69) is 25.3 Å².